The van der Waals surface area contributed by atoms with Crippen LogP contribution in [0.1, 0.15) is 79.8 Å². The van der Waals surface area contributed by atoms with Crippen molar-refractivity contribution in [1.29, 1.82) is 0 Å². The second-order valence-electron chi connectivity index (χ2n) is 14.0. The van der Waals surface area contributed by atoms with Crippen LogP contribution in [0.4, 0.5) is 17.6 Å². The van der Waals surface area contributed by atoms with Crippen molar-refractivity contribution in [3.05, 3.63) is 142 Å². The predicted molar refractivity (Wildman–Crippen MR) is 203 cm³/mol. The number of hydrogen-bond acceptors (Lipinski definition) is 7. The van der Waals surface area contributed by atoms with Crippen LogP contribution < -0.4 is 0 Å². The van der Waals surface area contributed by atoms with Crippen molar-refractivity contribution < 1.29 is 32.3 Å². The second kappa shape index (κ2) is 15.0. The molecule has 1 N–H and O–H groups in total. The number of nitrogens with zero attached hydrogens (tertiary/aromatic N) is 4. The fourth-order valence-electron chi connectivity index (χ4n) is 7.49. The van der Waals surface area contributed by atoms with Crippen LogP contribution in [0.2, 0.25) is 0 Å². The molecule has 2 aliphatic carbocycles. The third kappa shape index (κ3) is 6.75. The summed E-state index contributed by atoms with van der Waals surface area (Å²) in [4.78, 5) is 23.9. The lowest BCUT2D eigenvalue weighted by atomic mass is 9.86. The summed E-state index contributed by atoms with van der Waals surface area (Å²) in [6, 6.07) is 22.3. The zero-order chi connectivity index (χ0) is 38.4. The van der Waals surface area contributed by atoms with Crippen LogP contribution in [0.25, 0.3) is 0 Å². The molecule has 4 aromatic rings. The number of carbonyl (C=O) groups is 2. The topological polar surface area (TPSA) is 85.6 Å². The number of fused-ring (bicyclic) bond motifs is 4. The molecule has 7 nitrogen and oxygen atoms in total. The standard InChI is InChI=1S/C22H22F2N2O2S.C19H16F2N2OS/c1-13(2)19(27)21(28)26-22(11-5-7-14-6-3-4-8-17(14)22)29-20(25-26)16-12-15(23)9-10-18(16)24;1-12(24)23-19(10-4-6-13-5-2-3-7-16(13)19)25-18(22-23)15-11-14(20)8-9-17(15)21/h3-4,6,8-10,12-13,19,27H,5,7,11H2,1-2H3;2-3,5,7-9,11H,4,6,10H2,1H3/t19-,22?;/m0./s1. The highest BCUT2D eigenvalue weighted by molar-refractivity contribution is 8.15. The molecule has 0 aromatic heterocycles. The molecule has 3 atom stereocenters. The first-order valence-corrected chi connectivity index (χ1v) is 19.4. The number of aliphatic hydroxyl groups excluding tert-OH is 1. The third-order valence-corrected chi connectivity index (χ3v) is 13.0. The number of thioether (sulfide) groups is 2. The van der Waals surface area contributed by atoms with E-state index in [0.717, 1.165) is 85.2 Å². The quantitative estimate of drug-likeness (QED) is 0.210. The molecule has 54 heavy (non-hydrogen) atoms. The van der Waals surface area contributed by atoms with Crippen molar-refractivity contribution in [2.45, 2.75) is 75.1 Å². The van der Waals surface area contributed by atoms with Gasteiger partial charge in [0.25, 0.3) is 5.91 Å². The predicted octanol–water partition coefficient (Wildman–Crippen LogP) is 8.82. The van der Waals surface area contributed by atoms with E-state index < -0.39 is 45.0 Å². The van der Waals surface area contributed by atoms with Crippen LogP contribution in [-0.2, 0) is 32.2 Å². The number of aryl methyl sites for hydroxylation is 2. The van der Waals surface area contributed by atoms with Crippen molar-refractivity contribution in [3.63, 3.8) is 0 Å². The lowest BCUT2D eigenvalue weighted by molar-refractivity contribution is -0.146. The Balaban J connectivity index is 0.000000168. The van der Waals surface area contributed by atoms with Gasteiger partial charge in [-0.05, 0) is 103 Å². The molecule has 2 heterocycles. The minimum atomic E-state index is -1.23. The Morgan fingerprint density at radius 3 is 1.61 bits per heavy atom. The largest absolute Gasteiger partial charge is 0.383 e. The Morgan fingerprint density at radius 2 is 1.15 bits per heavy atom. The summed E-state index contributed by atoms with van der Waals surface area (Å²) >= 11 is 2.59. The molecular formula is C41H38F4N4O3S2. The highest BCUT2D eigenvalue weighted by Gasteiger charge is 2.53. The minimum absolute atomic E-state index is 0.0202. The van der Waals surface area contributed by atoms with Crippen molar-refractivity contribution in [1.82, 2.24) is 10.0 Å². The van der Waals surface area contributed by atoms with Gasteiger partial charge in [-0.2, -0.15) is 10.2 Å². The molecule has 4 aromatic carbocycles. The van der Waals surface area contributed by atoms with Gasteiger partial charge in [0, 0.05) is 18.1 Å². The first kappa shape index (κ1) is 37.8. The Morgan fingerprint density at radius 1 is 0.704 bits per heavy atom. The Kier molecular flexibility index (Phi) is 10.5. The van der Waals surface area contributed by atoms with E-state index in [0.29, 0.717) is 11.5 Å². The molecule has 8 rings (SSSR count). The van der Waals surface area contributed by atoms with E-state index in [4.69, 9.17) is 0 Å². The van der Waals surface area contributed by atoms with Gasteiger partial charge in [0.1, 0.15) is 49.2 Å². The van der Waals surface area contributed by atoms with Gasteiger partial charge in [0.2, 0.25) is 5.91 Å². The number of hydrazone groups is 2. The maximum Gasteiger partial charge on any atom is 0.273 e. The monoisotopic (exact) mass is 774 g/mol. The van der Waals surface area contributed by atoms with Crippen LogP contribution in [0.15, 0.2) is 95.1 Å². The Labute approximate surface area is 319 Å². The molecule has 2 unspecified atom stereocenters. The summed E-state index contributed by atoms with van der Waals surface area (Å²) in [7, 11) is 0. The van der Waals surface area contributed by atoms with E-state index in [-0.39, 0.29) is 28.0 Å². The van der Waals surface area contributed by atoms with Crippen LogP contribution in [0.5, 0.6) is 0 Å². The van der Waals surface area contributed by atoms with Gasteiger partial charge in [-0.15, -0.1) is 0 Å². The third-order valence-electron chi connectivity index (χ3n) is 10.1. The normalized spacial score (nSPS) is 22.0. The molecule has 280 valence electrons. The molecule has 2 aliphatic heterocycles. The summed E-state index contributed by atoms with van der Waals surface area (Å²) in [5, 5.41) is 22.6. The maximum atomic E-state index is 14.5. The van der Waals surface area contributed by atoms with Crippen LogP contribution >= 0.6 is 23.5 Å². The molecule has 0 saturated heterocycles. The molecular weight excluding hydrogens is 737 g/mol. The van der Waals surface area contributed by atoms with Gasteiger partial charge in [0.15, 0.2) is 0 Å². The fraction of sp³-hybridized carbons (Fsp3) is 0.317. The van der Waals surface area contributed by atoms with E-state index in [1.807, 2.05) is 42.5 Å². The summed E-state index contributed by atoms with van der Waals surface area (Å²) in [5.41, 5.74) is 4.33. The summed E-state index contributed by atoms with van der Waals surface area (Å²) in [6.07, 6.45) is 3.63. The maximum absolute atomic E-state index is 14.5. The van der Waals surface area contributed by atoms with Crippen molar-refractivity contribution in [3.8, 4) is 0 Å². The van der Waals surface area contributed by atoms with Crippen molar-refractivity contribution in [2.24, 2.45) is 16.1 Å². The zero-order valence-corrected chi connectivity index (χ0v) is 31.5. The average molecular weight is 775 g/mol. The lowest BCUT2D eigenvalue weighted by Crippen LogP contribution is -2.48. The van der Waals surface area contributed by atoms with E-state index in [1.165, 1.54) is 46.0 Å². The Hall–Kier alpha value is -4.46. The highest BCUT2D eigenvalue weighted by atomic mass is 32.2. The molecule has 0 saturated carbocycles. The van der Waals surface area contributed by atoms with E-state index in [2.05, 4.69) is 16.3 Å². The number of carbonyl (C=O) groups excluding carboxylic acids is 2. The first-order chi connectivity index (χ1) is 25.8. The number of benzene rings is 4. The first-order valence-electron chi connectivity index (χ1n) is 17.8. The van der Waals surface area contributed by atoms with Gasteiger partial charge in [0.05, 0.1) is 0 Å². The molecule has 2 spiro atoms. The molecule has 0 fully saturated rings. The number of hydrogen-bond donors (Lipinski definition) is 1. The van der Waals surface area contributed by atoms with Crippen molar-refractivity contribution >= 4 is 45.4 Å². The minimum Gasteiger partial charge on any atom is -0.383 e. The fourth-order valence-corrected chi connectivity index (χ4v) is 10.5. The summed E-state index contributed by atoms with van der Waals surface area (Å²) in [5.74, 6) is -3.29. The van der Waals surface area contributed by atoms with E-state index in [9.17, 15) is 32.3 Å². The van der Waals surface area contributed by atoms with Gasteiger partial charge in [-0.25, -0.2) is 27.6 Å². The van der Waals surface area contributed by atoms with Crippen LogP contribution in [0, 0.1) is 29.2 Å². The summed E-state index contributed by atoms with van der Waals surface area (Å²) < 4.78 is 56.1. The number of aliphatic hydroxyl groups is 1. The second-order valence-corrected chi connectivity index (χ2v) is 16.6. The number of halogens is 4. The van der Waals surface area contributed by atoms with Crippen molar-refractivity contribution in [2.75, 3.05) is 0 Å². The van der Waals surface area contributed by atoms with Gasteiger partial charge < -0.3 is 5.11 Å². The van der Waals surface area contributed by atoms with Gasteiger partial charge in [-0.3, -0.25) is 9.59 Å². The SMILES string of the molecule is CC(=O)N1N=C(c2cc(F)ccc2F)SC12CCCc1ccccc12.CC(C)[C@H](O)C(=O)N1N=C(c2cc(F)ccc2F)SC12CCCc1ccccc12. The number of rotatable bonds is 4. The average Bonchev–Trinajstić information content (AvgIpc) is 3.73. The van der Waals surface area contributed by atoms with E-state index >= 15 is 0 Å². The van der Waals surface area contributed by atoms with E-state index in [1.54, 1.807) is 13.8 Å². The molecule has 0 radical (unpaired) electrons. The van der Waals surface area contributed by atoms with Gasteiger partial charge >= 0.3 is 0 Å². The smallest absolute Gasteiger partial charge is 0.273 e. The summed E-state index contributed by atoms with van der Waals surface area (Å²) in [6.45, 7) is 4.96. The molecule has 13 heteroatoms. The molecule has 4 aliphatic rings. The highest BCUT2D eigenvalue weighted by Crippen LogP contribution is 2.55. The van der Waals surface area contributed by atoms with Crippen LogP contribution in [-0.4, -0.2) is 43.1 Å². The van der Waals surface area contributed by atoms with Crippen LogP contribution in [0.3, 0.4) is 0 Å². The Bertz CT molecular complexity index is 2200. The number of amides is 2. The zero-order valence-electron chi connectivity index (χ0n) is 29.9. The molecule has 0 bridgehead atoms. The lowest BCUT2D eigenvalue weighted by Gasteiger charge is -2.40. The van der Waals surface area contributed by atoms with Gasteiger partial charge in [-0.1, -0.05) is 85.9 Å². The molecule has 2 amide bonds.